The van der Waals surface area contributed by atoms with Crippen LogP contribution in [-0.4, -0.2) is 22.9 Å². The summed E-state index contributed by atoms with van der Waals surface area (Å²) in [7, 11) is 0. The molecule has 19 heavy (non-hydrogen) atoms. The number of anilines is 2. The van der Waals surface area contributed by atoms with Crippen LogP contribution < -0.4 is 11.1 Å². The summed E-state index contributed by atoms with van der Waals surface area (Å²) in [4.78, 5) is 7.90. The summed E-state index contributed by atoms with van der Waals surface area (Å²) in [6.07, 6.45) is -2.47. The van der Waals surface area contributed by atoms with E-state index in [1.807, 2.05) is 0 Å². The van der Waals surface area contributed by atoms with E-state index in [-0.39, 0.29) is 11.8 Å². The van der Waals surface area contributed by atoms with Crippen LogP contribution in [0, 0.1) is 0 Å². The minimum atomic E-state index is -2.47. The van der Waals surface area contributed by atoms with Crippen molar-refractivity contribution in [3.63, 3.8) is 0 Å². The summed E-state index contributed by atoms with van der Waals surface area (Å²) in [6.45, 7) is -0.495. The van der Waals surface area contributed by atoms with Crippen molar-refractivity contribution in [2.24, 2.45) is 0 Å². The van der Waals surface area contributed by atoms with Crippen LogP contribution in [-0.2, 0) is 0 Å². The molecular weight excluding hydrogens is 274 g/mol. The fraction of sp³-hybridized carbons (Fsp3) is 0.167. The highest BCUT2D eigenvalue weighted by Crippen LogP contribution is 2.23. The summed E-state index contributed by atoms with van der Waals surface area (Å²) >= 11 is 5.89. The lowest BCUT2D eigenvalue weighted by molar-refractivity contribution is 0.163. The number of nitrogen functional groups attached to an aromatic ring is 1. The van der Waals surface area contributed by atoms with Crippen LogP contribution in [0.1, 0.15) is 0 Å². The summed E-state index contributed by atoms with van der Waals surface area (Å²) < 4.78 is 24.3. The molecule has 2 aromatic rings. The average Bonchev–Trinajstić information content (AvgIpc) is 2.36. The Labute approximate surface area is 113 Å². The third kappa shape index (κ3) is 3.75. The predicted molar refractivity (Wildman–Crippen MR) is 71.4 cm³/mol. The van der Waals surface area contributed by atoms with Gasteiger partial charge in [0.15, 0.2) is 0 Å². The maximum absolute atomic E-state index is 12.1. The second-order valence-electron chi connectivity index (χ2n) is 3.78. The van der Waals surface area contributed by atoms with Crippen molar-refractivity contribution in [2.45, 2.75) is 6.43 Å². The number of nitrogens with two attached hydrogens (primary N) is 1. The van der Waals surface area contributed by atoms with Gasteiger partial charge in [-0.1, -0.05) is 23.7 Å². The van der Waals surface area contributed by atoms with E-state index < -0.39 is 13.0 Å². The molecule has 1 heterocycles. The van der Waals surface area contributed by atoms with Gasteiger partial charge in [0, 0.05) is 16.7 Å². The molecule has 4 nitrogen and oxygen atoms in total. The number of nitrogens with zero attached hydrogens (tertiary/aromatic N) is 2. The lowest BCUT2D eigenvalue weighted by atomic mass is 10.1. The van der Waals surface area contributed by atoms with Gasteiger partial charge >= 0.3 is 0 Å². The fourth-order valence-electron chi connectivity index (χ4n) is 1.53. The molecule has 0 fully saturated rings. The summed E-state index contributed by atoms with van der Waals surface area (Å²) in [5.74, 6) is 0.261. The Kier molecular flexibility index (Phi) is 4.11. The van der Waals surface area contributed by atoms with E-state index in [0.717, 1.165) is 5.56 Å². The molecule has 0 saturated heterocycles. The second-order valence-corrected chi connectivity index (χ2v) is 4.22. The van der Waals surface area contributed by atoms with Crippen LogP contribution in [0.25, 0.3) is 11.3 Å². The molecule has 0 aliphatic carbocycles. The zero-order valence-electron chi connectivity index (χ0n) is 9.78. The SMILES string of the molecule is Nc1nc(NCC(F)F)cc(-c2cccc(Cl)c2)n1. The van der Waals surface area contributed by atoms with E-state index >= 15 is 0 Å². The number of nitrogens with one attached hydrogen (secondary N) is 1. The number of alkyl halides is 2. The van der Waals surface area contributed by atoms with Gasteiger partial charge < -0.3 is 11.1 Å². The predicted octanol–water partition coefficient (Wildman–Crippen LogP) is 3.06. The largest absolute Gasteiger partial charge is 0.368 e. The third-order valence-electron chi connectivity index (χ3n) is 2.30. The molecule has 0 aliphatic heterocycles. The third-order valence-corrected chi connectivity index (χ3v) is 2.54. The topological polar surface area (TPSA) is 63.8 Å². The highest BCUT2D eigenvalue weighted by atomic mass is 35.5. The van der Waals surface area contributed by atoms with Crippen molar-refractivity contribution in [3.8, 4) is 11.3 Å². The number of hydrogen-bond donors (Lipinski definition) is 2. The molecule has 2 rings (SSSR count). The average molecular weight is 285 g/mol. The summed E-state index contributed by atoms with van der Waals surface area (Å²) in [6, 6.07) is 8.54. The first-order valence-electron chi connectivity index (χ1n) is 5.47. The number of benzene rings is 1. The van der Waals surface area contributed by atoms with E-state index in [1.54, 1.807) is 30.3 Å². The van der Waals surface area contributed by atoms with Gasteiger partial charge in [0.1, 0.15) is 5.82 Å². The highest BCUT2D eigenvalue weighted by molar-refractivity contribution is 6.30. The smallest absolute Gasteiger partial charge is 0.255 e. The van der Waals surface area contributed by atoms with Gasteiger partial charge in [0.2, 0.25) is 5.95 Å². The van der Waals surface area contributed by atoms with Crippen LogP contribution in [0.4, 0.5) is 20.5 Å². The molecule has 0 spiro atoms. The lowest BCUT2D eigenvalue weighted by Gasteiger charge is -2.08. The van der Waals surface area contributed by atoms with E-state index in [1.165, 1.54) is 0 Å². The maximum Gasteiger partial charge on any atom is 0.255 e. The van der Waals surface area contributed by atoms with Gasteiger partial charge in [-0.15, -0.1) is 0 Å². The standard InChI is InChI=1S/C12H11ClF2N4/c13-8-3-1-2-7(4-8)9-5-11(17-6-10(14)15)19-12(16)18-9/h1-5,10H,6H2,(H3,16,17,18,19). The van der Waals surface area contributed by atoms with Gasteiger partial charge in [-0.2, -0.15) is 4.98 Å². The van der Waals surface area contributed by atoms with Crippen molar-refractivity contribution < 1.29 is 8.78 Å². The molecule has 0 atom stereocenters. The minimum Gasteiger partial charge on any atom is -0.368 e. The Hall–Kier alpha value is -1.95. The van der Waals surface area contributed by atoms with Crippen LogP contribution >= 0.6 is 11.6 Å². The first-order valence-corrected chi connectivity index (χ1v) is 5.85. The Balaban J connectivity index is 2.31. The molecule has 100 valence electrons. The summed E-state index contributed by atoms with van der Waals surface area (Å²) in [5, 5.41) is 3.05. The van der Waals surface area contributed by atoms with Crippen molar-refractivity contribution in [2.75, 3.05) is 17.6 Å². The lowest BCUT2D eigenvalue weighted by Crippen LogP contribution is -2.12. The summed E-state index contributed by atoms with van der Waals surface area (Å²) in [5.41, 5.74) is 6.82. The first-order chi connectivity index (χ1) is 9.04. The van der Waals surface area contributed by atoms with Crippen molar-refractivity contribution in [3.05, 3.63) is 35.4 Å². The second kappa shape index (κ2) is 5.79. The highest BCUT2D eigenvalue weighted by Gasteiger charge is 2.07. The number of aromatic nitrogens is 2. The molecule has 1 aromatic carbocycles. The van der Waals surface area contributed by atoms with Crippen LogP contribution in [0.15, 0.2) is 30.3 Å². The van der Waals surface area contributed by atoms with Gasteiger partial charge in [0.25, 0.3) is 6.43 Å². The normalized spacial score (nSPS) is 10.7. The molecule has 0 amide bonds. The zero-order chi connectivity index (χ0) is 13.8. The van der Waals surface area contributed by atoms with E-state index in [4.69, 9.17) is 17.3 Å². The Morgan fingerprint density at radius 3 is 2.74 bits per heavy atom. The van der Waals surface area contributed by atoms with Gasteiger partial charge in [-0.25, -0.2) is 13.8 Å². The quantitative estimate of drug-likeness (QED) is 0.906. The molecule has 1 aromatic heterocycles. The van der Waals surface area contributed by atoms with Crippen LogP contribution in [0.5, 0.6) is 0 Å². The van der Waals surface area contributed by atoms with Crippen molar-refractivity contribution in [1.82, 2.24) is 9.97 Å². The zero-order valence-corrected chi connectivity index (χ0v) is 10.5. The monoisotopic (exact) mass is 284 g/mol. The van der Waals surface area contributed by atoms with Crippen molar-refractivity contribution in [1.29, 1.82) is 0 Å². The number of rotatable bonds is 4. The molecule has 0 saturated carbocycles. The first kappa shape index (κ1) is 13.5. The van der Waals surface area contributed by atoms with Crippen LogP contribution in [0.2, 0.25) is 5.02 Å². The molecule has 0 unspecified atom stereocenters. The molecule has 0 aliphatic rings. The molecule has 7 heteroatoms. The van der Waals surface area contributed by atoms with E-state index in [0.29, 0.717) is 10.7 Å². The van der Waals surface area contributed by atoms with Gasteiger partial charge in [-0.3, -0.25) is 0 Å². The van der Waals surface area contributed by atoms with Gasteiger partial charge in [0.05, 0.1) is 12.2 Å². The Bertz CT molecular complexity index is 577. The van der Waals surface area contributed by atoms with Crippen LogP contribution in [0.3, 0.4) is 0 Å². The fourth-order valence-corrected chi connectivity index (χ4v) is 1.72. The maximum atomic E-state index is 12.1. The molecule has 0 bridgehead atoms. The van der Waals surface area contributed by atoms with Crippen molar-refractivity contribution >= 4 is 23.4 Å². The number of hydrogen-bond acceptors (Lipinski definition) is 4. The van der Waals surface area contributed by atoms with Gasteiger partial charge in [-0.05, 0) is 12.1 Å². The minimum absolute atomic E-state index is 0.00856. The van der Waals surface area contributed by atoms with E-state index in [9.17, 15) is 8.78 Å². The Morgan fingerprint density at radius 2 is 2.05 bits per heavy atom. The Morgan fingerprint density at radius 1 is 1.26 bits per heavy atom. The molecular formula is C12H11ClF2N4. The molecule has 0 radical (unpaired) electrons. The molecule has 3 N–H and O–H groups in total. The van der Waals surface area contributed by atoms with E-state index in [2.05, 4.69) is 15.3 Å². The number of halogens is 3.